The lowest BCUT2D eigenvalue weighted by Crippen LogP contribution is -2.32. The fourth-order valence-electron chi connectivity index (χ4n) is 2.16. The molecule has 0 aliphatic rings. The van der Waals surface area contributed by atoms with Crippen molar-refractivity contribution in [1.29, 1.82) is 0 Å². The topological polar surface area (TPSA) is 95.3 Å². The van der Waals surface area contributed by atoms with Crippen molar-refractivity contribution < 1.29 is 19.1 Å². The highest BCUT2D eigenvalue weighted by Crippen LogP contribution is 2.30. The molecular weight excluding hydrogens is 344 g/mol. The first-order valence-corrected chi connectivity index (χ1v) is 8.75. The van der Waals surface area contributed by atoms with E-state index in [-0.39, 0.29) is 12.4 Å². The van der Waals surface area contributed by atoms with Gasteiger partial charge >= 0.3 is 6.09 Å². The molecule has 25 heavy (non-hydrogen) atoms. The van der Waals surface area contributed by atoms with Gasteiger partial charge in [-0.1, -0.05) is 23.9 Å². The number of rotatable bonds is 7. The summed E-state index contributed by atoms with van der Waals surface area (Å²) < 4.78 is 11.9. The van der Waals surface area contributed by atoms with E-state index >= 15 is 0 Å². The highest BCUT2D eigenvalue weighted by Gasteiger charge is 2.17. The van der Waals surface area contributed by atoms with Crippen molar-refractivity contribution in [3.05, 3.63) is 24.3 Å². The average molecular weight is 364 g/mol. The minimum atomic E-state index is -0.750. The predicted molar refractivity (Wildman–Crippen MR) is 93.6 cm³/mol. The monoisotopic (exact) mass is 364 g/mol. The molecule has 0 fully saturated rings. The lowest BCUT2D eigenvalue weighted by atomic mass is 10.2. The van der Waals surface area contributed by atoms with Gasteiger partial charge in [0.25, 0.3) is 0 Å². The van der Waals surface area contributed by atoms with E-state index in [0.717, 1.165) is 5.56 Å². The Balaban J connectivity index is 2.12. The molecule has 2 amide bonds. The third kappa shape index (κ3) is 4.72. The van der Waals surface area contributed by atoms with Gasteiger partial charge in [-0.15, -0.1) is 10.2 Å². The fourth-order valence-corrected chi connectivity index (χ4v) is 2.96. The molecule has 0 radical (unpaired) electrons. The van der Waals surface area contributed by atoms with Crippen LogP contribution in [0.1, 0.15) is 13.8 Å². The summed E-state index contributed by atoms with van der Waals surface area (Å²) >= 11 is 1.20. The molecule has 1 aromatic carbocycles. The zero-order valence-electron chi connectivity index (χ0n) is 14.3. The van der Waals surface area contributed by atoms with Gasteiger partial charge in [0.15, 0.2) is 11.0 Å². The zero-order chi connectivity index (χ0) is 18.2. The minimum absolute atomic E-state index is 0.0306. The van der Waals surface area contributed by atoms with Crippen LogP contribution in [0.15, 0.2) is 29.4 Å². The van der Waals surface area contributed by atoms with Gasteiger partial charge in [-0.3, -0.25) is 10.1 Å². The van der Waals surface area contributed by atoms with Gasteiger partial charge in [0.2, 0.25) is 5.91 Å². The number of ether oxygens (including phenoxy) is 2. The van der Waals surface area contributed by atoms with Crippen molar-refractivity contribution in [3.63, 3.8) is 0 Å². The smallest absolute Gasteiger partial charge is 0.413 e. The summed E-state index contributed by atoms with van der Waals surface area (Å²) in [5, 5.41) is 11.1. The van der Waals surface area contributed by atoms with Crippen molar-refractivity contribution >= 4 is 23.8 Å². The van der Waals surface area contributed by atoms with Crippen molar-refractivity contribution in [2.45, 2.75) is 25.5 Å². The van der Waals surface area contributed by atoms with Gasteiger partial charge in [0.1, 0.15) is 5.75 Å². The first kappa shape index (κ1) is 18.8. The summed E-state index contributed by atoms with van der Waals surface area (Å²) in [4.78, 5) is 23.0. The van der Waals surface area contributed by atoms with E-state index in [9.17, 15) is 9.59 Å². The lowest BCUT2D eigenvalue weighted by molar-refractivity contribution is -0.117. The minimum Gasteiger partial charge on any atom is -0.496 e. The summed E-state index contributed by atoms with van der Waals surface area (Å²) in [6.07, 6.45) is -0.750. The normalized spacial score (nSPS) is 10.4. The van der Waals surface area contributed by atoms with Crippen LogP contribution in [0.3, 0.4) is 0 Å². The first-order chi connectivity index (χ1) is 12.1. The van der Waals surface area contributed by atoms with Gasteiger partial charge in [-0.25, -0.2) is 4.79 Å². The first-order valence-electron chi connectivity index (χ1n) is 7.76. The molecule has 1 N–H and O–H groups in total. The number of imide groups is 1. The molecule has 0 unspecified atom stereocenters. The molecule has 1 heterocycles. The van der Waals surface area contributed by atoms with Gasteiger partial charge in [0.05, 0.1) is 25.0 Å². The maximum atomic E-state index is 11.8. The molecule has 0 aliphatic heterocycles. The Kier molecular flexibility index (Phi) is 6.81. The van der Waals surface area contributed by atoms with E-state index in [1.807, 2.05) is 35.8 Å². The molecular formula is C16H20N4O4S. The fraction of sp³-hybridized carbons (Fsp3) is 0.375. The standard InChI is InChI=1S/C16H20N4O4S/c1-4-20-14(11-8-6-7-9-12(11)23-3)18-19-15(20)25-10-13(21)17-16(22)24-5-2/h6-9H,4-5,10H2,1-3H3,(H,17,21,22). The second kappa shape index (κ2) is 9.07. The quantitative estimate of drug-likeness (QED) is 0.753. The third-order valence-electron chi connectivity index (χ3n) is 3.23. The summed E-state index contributed by atoms with van der Waals surface area (Å²) in [5.41, 5.74) is 0.821. The summed E-state index contributed by atoms with van der Waals surface area (Å²) in [5.74, 6) is 0.936. The molecule has 134 valence electrons. The lowest BCUT2D eigenvalue weighted by Gasteiger charge is -2.10. The van der Waals surface area contributed by atoms with E-state index < -0.39 is 12.0 Å². The number of hydrogen-bond acceptors (Lipinski definition) is 7. The second-order valence-corrected chi connectivity index (χ2v) is 5.75. The summed E-state index contributed by atoms with van der Waals surface area (Å²) in [7, 11) is 1.60. The maximum absolute atomic E-state index is 11.8. The number of aromatic nitrogens is 3. The molecule has 0 bridgehead atoms. The van der Waals surface area contributed by atoms with E-state index in [2.05, 4.69) is 20.3 Å². The highest BCUT2D eigenvalue weighted by atomic mass is 32.2. The molecule has 2 rings (SSSR count). The molecule has 2 aromatic rings. The molecule has 0 spiro atoms. The largest absolute Gasteiger partial charge is 0.496 e. The second-order valence-electron chi connectivity index (χ2n) is 4.81. The van der Waals surface area contributed by atoms with E-state index in [1.165, 1.54) is 11.8 Å². The molecule has 0 atom stereocenters. The Bertz CT molecular complexity index is 747. The molecule has 9 heteroatoms. The Morgan fingerprint density at radius 2 is 2.00 bits per heavy atom. The van der Waals surface area contributed by atoms with Crippen LogP contribution in [-0.2, 0) is 16.1 Å². The molecule has 8 nitrogen and oxygen atoms in total. The van der Waals surface area contributed by atoms with Crippen LogP contribution >= 0.6 is 11.8 Å². The SMILES string of the molecule is CCOC(=O)NC(=O)CSc1nnc(-c2ccccc2OC)n1CC. The Morgan fingerprint density at radius 3 is 2.68 bits per heavy atom. The number of benzene rings is 1. The van der Waals surface area contributed by atoms with Crippen molar-refractivity contribution in [1.82, 2.24) is 20.1 Å². The van der Waals surface area contributed by atoms with Gasteiger partial charge in [0, 0.05) is 6.54 Å². The van der Waals surface area contributed by atoms with Crippen LogP contribution in [0, 0.1) is 0 Å². The molecule has 0 saturated carbocycles. The highest BCUT2D eigenvalue weighted by molar-refractivity contribution is 7.99. The van der Waals surface area contributed by atoms with Crippen LogP contribution in [0.2, 0.25) is 0 Å². The van der Waals surface area contributed by atoms with Crippen molar-refractivity contribution in [2.24, 2.45) is 0 Å². The van der Waals surface area contributed by atoms with Crippen molar-refractivity contribution in [2.75, 3.05) is 19.5 Å². The molecule has 0 aliphatic carbocycles. The van der Waals surface area contributed by atoms with Crippen LogP contribution < -0.4 is 10.1 Å². The number of carbonyl (C=O) groups excluding carboxylic acids is 2. The number of alkyl carbamates (subject to hydrolysis) is 1. The Labute approximate surface area is 149 Å². The number of nitrogens with zero attached hydrogens (tertiary/aromatic N) is 3. The number of methoxy groups -OCH3 is 1. The number of thioether (sulfide) groups is 1. The Hall–Kier alpha value is -2.55. The van der Waals surface area contributed by atoms with Crippen LogP contribution in [0.25, 0.3) is 11.4 Å². The summed E-state index contributed by atoms with van der Waals surface area (Å²) in [6.45, 7) is 4.47. The van der Waals surface area contributed by atoms with E-state index in [1.54, 1.807) is 14.0 Å². The third-order valence-corrected chi connectivity index (χ3v) is 4.20. The number of nitrogens with one attached hydrogen (secondary N) is 1. The van der Waals surface area contributed by atoms with E-state index in [0.29, 0.717) is 23.3 Å². The molecule has 0 saturated heterocycles. The maximum Gasteiger partial charge on any atom is 0.413 e. The van der Waals surface area contributed by atoms with Crippen LogP contribution in [-0.4, -0.2) is 46.2 Å². The van der Waals surface area contributed by atoms with E-state index in [4.69, 9.17) is 4.74 Å². The van der Waals surface area contributed by atoms with Crippen LogP contribution in [0.5, 0.6) is 5.75 Å². The van der Waals surface area contributed by atoms with Gasteiger partial charge < -0.3 is 14.0 Å². The van der Waals surface area contributed by atoms with Crippen molar-refractivity contribution in [3.8, 4) is 17.1 Å². The number of amides is 2. The number of hydrogen-bond donors (Lipinski definition) is 1. The van der Waals surface area contributed by atoms with Gasteiger partial charge in [-0.05, 0) is 26.0 Å². The average Bonchev–Trinajstić information content (AvgIpc) is 3.02. The summed E-state index contributed by atoms with van der Waals surface area (Å²) in [6, 6.07) is 7.52. The Morgan fingerprint density at radius 1 is 1.24 bits per heavy atom. The van der Waals surface area contributed by atoms with Gasteiger partial charge in [-0.2, -0.15) is 0 Å². The number of carbonyl (C=O) groups is 2. The number of para-hydroxylation sites is 1. The molecule has 1 aromatic heterocycles. The van der Waals surface area contributed by atoms with Crippen LogP contribution in [0.4, 0.5) is 4.79 Å². The zero-order valence-corrected chi connectivity index (χ0v) is 15.1. The predicted octanol–water partition coefficient (Wildman–Crippen LogP) is 2.34.